The van der Waals surface area contributed by atoms with Crippen LogP contribution in [0.2, 0.25) is 0 Å². The minimum atomic E-state index is 0.383. The molecule has 1 aromatic carbocycles. The lowest BCUT2D eigenvalue weighted by atomic mass is 10.2. The van der Waals surface area contributed by atoms with Gasteiger partial charge in [-0.25, -0.2) is 0 Å². The smallest absolute Gasteiger partial charge is 0.0742 e. The molecule has 0 saturated carbocycles. The Morgan fingerprint density at radius 2 is 1.56 bits per heavy atom. The van der Waals surface area contributed by atoms with Crippen molar-refractivity contribution in [2.45, 2.75) is 27.7 Å². The molecule has 2 nitrogen and oxygen atoms in total. The van der Waals surface area contributed by atoms with Crippen molar-refractivity contribution in [2.75, 3.05) is 25.0 Å². The van der Waals surface area contributed by atoms with Crippen LogP contribution >= 0.6 is 12.2 Å². The van der Waals surface area contributed by atoms with Crippen LogP contribution in [0.15, 0.2) is 24.3 Å². The highest BCUT2D eigenvalue weighted by Crippen LogP contribution is 2.07. The van der Waals surface area contributed by atoms with E-state index >= 15 is 0 Å². The first kappa shape index (κ1) is 17.3. The monoisotopic (exact) mass is 284 g/mol. The molecule has 0 unspecified atom stereocenters. The lowest BCUT2D eigenvalue weighted by Gasteiger charge is -2.10. The third-order valence-corrected chi connectivity index (χ3v) is 3.00. The van der Waals surface area contributed by atoms with Gasteiger partial charge in [0.05, 0.1) is 19.6 Å². The van der Waals surface area contributed by atoms with E-state index in [0.29, 0.717) is 4.32 Å². The van der Waals surface area contributed by atoms with Gasteiger partial charge in [-0.15, -0.1) is 0 Å². The summed E-state index contributed by atoms with van der Waals surface area (Å²) in [5.74, 6) is 0. The van der Waals surface area contributed by atoms with Gasteiger partial charge in [0.1, 0.15) is 0 Å². The number of hydrogen-bond donors (Lipinski definition) is 2. The Hall–Kier alpha value is -0.710. The van der Waals surface area contributed by atoms with Crippen LogP contribution < -0.4 is 10.2 Å². The summed E-state index contributed by atoms with van der Waals surface area (Å²) >= 11 is 9.43. The van der Waals surface area contributed by atoms with Gasteiger partial charge in [-0.3, -0.25) is 0 Å². The van der Waals surface area contributed by atoms with Crippen LogP contribution in [0, 0.1) is 6.92 Å². The van der Waals surface area contributed by atoms with Crippen LogP contribution in [0.1, 0.15) is 26.3 Å². The molecule has 0 atom stereocenters. The van der Waals surface area contributed by atoms with Crippen LogP contribution in [0.3, 0.4) is 0 Å². The lowest BCUT2D eigenvalue weighted by molar-refractivity contribution is -0.894. The zero-order chi connectivity index (χ0) is 14.0. The summed E-state index contributed by atoms with van der Waals surface area (Å²) in [6.07, 6.45) is 0. The van der Waals surface area contributed by atoms with E-state index in [2.05, 4.69) is 26.1 Å². The first-order valence-electron chi connectivity index (χ1n) is 6.41. The Kier molecular flexibility index (Phi) is 9.83. The second-order valence-corrected chi connectivity index (χ2v) is 5.16. The molecule has 0 radical (unpaired) electrons. The van der Waals surface area contributed by atoms with Crippen molar-refractivity contribution in [3.8, 4) is 0 Å². The molecular weight excluding hydrogens is 260 g/mol. The van der Waals surface area contributed by atoms with Crippen molar-refractivity contribution in [3.05, 3.63) is 29.8 Å². The van der Waals surface area contributed by atoms with Gasteiger partial charge >= 0.3 is 0 Å². The number of aryl methyl sites for hydroxylation is 1. The minimum absolute atomic E-state index is 0.383. The van der Waals surface area contributed by atoms with Gasteiger partial charge in [-0.2, -0.15) is 0 Å². The Bertz CT molecular complexity index is 327. The third-order valence-electron chi connectivity index (χ3n) is 2.80. The van der Waals surface area contributed by atoms with Gasteiger partial charge in [0.15, 0.2) is 0 Å². The van der Waals surface area contributed by atoms with Gasteiger partial charge in [0.25, 0.3) is 0 Å². The predicted molar refractivity (Wildman–Crippen MR) is 87.4 cm³/mol. The zero-order valence-electron chi connectivity index (χ0n) is 11.7. The molecule has 18 heavy (non-hydrogen) atoms. The average molecular weight is 284 g/mol. The first-order chi connectivity index (χ1) is 8.53. The molecule has 1 rings (SSSR count). The molecule has 4 heteroatoms. The summed E-state index contributed by atoms with van der Waals surface area (Å²) in [5.41, 5.74) is 2.18. The second kappa shape index (κ2) is 10.2. The fourth-order valence-electron chi connectivity index (χ4n) is 1.50. The Morgan fingerprint density at radius 3 is 1.83 bits per heavy atom. The van der Waals surface area contributed by atoms with Crippen LogP contribution in [0.5, 0.6) is 0 Å². The average Bonchev–Trinajstić information content (AvgIpc) is 2.35. The molecule has 0 aliphatic carbocycles. The molecule has 0 amide bonds. The van der Waals surface area contributed by atoms with Crippen LogP contribution in [0.25, 0.3) is 0 Å². The number of anilines is 1. The fourth-order valence-corrected chi connectivity index (χ4v) is 1.74. The summed E-state index contributed by atoms with van der Waals surface area (Å²) in [6.45, 7) is 12.5. The molecule has 0 heterocycles. The van der Waals surface area contributed by atoms with Crippen molar-refractivity contribution < 1.29 is 4.90 Å². The molecular formula is C14H24N2S2. The lowest BCUT2D eigenvalue weighted by Crippen LogP contribution is -3.11. The molecule has 0 bridgehead atoms. The summed E-state index contributed by atoms with van der Waals surface area (Å²) in [5, 5.41) is 2.88. The molecule has 0 aliphatic heterocycles. The second-order valence-electron chi connectivity index (χ2n) is 4.09. The summed E-state index contributed by atoms with van der Waals surface area (Å²) in [4.78, 5) is 1.68. The highest BCUT2D eigenvalue weighted by atomic mass is 32.1. The maximum Gasteiger partial charge on any atom is 0.0742 e. The normalized spacial score (nSPS) is 9.61. The van der Waals surface area contributed by atoms with Crippen LogP contribution in [0.4, 0.5) is 5.69 Å². The van der Waals surface area contributed by atoms with E-state index in [-0.39, 0.29) is 0 Å². The Labute approximate surface area is 122 Å². The quantitative estimate of drug-likeness (QED) is 0.652. The highest BCUT2D eigenvalue weighted by molar-refractivity contribution is 8.00. The van der Waals surface area contributed by atoms with Crippen molar-refractivity contribution in [3.63, 3.8) is 0 Å². The minimum Gasteiger partial charge on any atom is -0.411 e. The molecule has 102 valence electrons. The number of hydrogen-bond acceptors (Lipinski definition) is 2. The van der Waals surface area contributed by atoms with E-state index in [1.165, 1.54) is 25.2 Å². The zero-order valence-corrected chi connectivity index (χ0v) is 13.4. The maximum atomic E-state index is 4.71. The van der Waals surface area contributed by atoms with Crippen molar-refractivity contribution in [1.29, 1.82) is 0 Å². The molecule has 0 spiro atoms. The molecule has 0 fully saturated rings. The first-order valence-corrected chi connectivity index (χ1v) is 7.23. The number of rotatable bonds is 4. The van der Waals surface area contributed by atoms with E-state index in [1.807, 2.05) is 31.2 Å². The molecule has 0 saturated heterocycles. The van der Waals surface area contributed by atoms with E-state index in [1.54, 1.807) is 4.90 Å². The maximum absolute atomic E-state index is 4.71. The van der Waals surface area contributed by atoms with Crippen molar-refractivity contribution in [2.24, 2.45) is 0 Å². The highest BCUT2D eigenvalue weighted by Gasteiger charge is 1.92. The van der Waals surface area contributed by atoms with E-state index < -0.39 is 0 Å². The fraction of sp³-hybridized carbons (Fsp3) is 0.500. The summed E-state index contributed by atoms with van der Waals surface area (Å²) in [6, 6.07) is 7.92. The largest absolute Gasteiger partial charge is 0.411 e. The van der Waals surface area contributed by atoms with Crippen molar-refractivity contribution >= 4 is 34.9 Å². The number of nitrogens with one attached hydrogen (secondary N) is 2. The molecule has 1 aromatic rings. The summed E-state index contributed by atoms with van der Waals surface area (Å²) in [7, 11) is 0. The van der Waals surface area contributed by atoms with Gasteiger partial charge < -0.3 is 35.1 Å². The van der Waals surface area contributed by atoms with Crippen LogP contribution in [-0.2, 0) is 12.6 Å². The van der Waals surface area contributed by atoms with Crippen molar-refractivity contribution in [1.82, 2.24) is 0 Å². The summed E-state index contributed by atoms with van der Waals surface area (Å²) < 4.78 is 0.383. The standard InChI is InChI=1S/C8H9NS2.C6H15N/c1-6-2-4-7(5-3-6)9-8(10)11;1-4-7(5-2)6-3/h2-5H,1H3,(H2,9,10,11);4-6H2,1-3H3. The SMILES string of the molecule is CC[NH+](CC)CC.Cc1ccc(NC(=S)[S-])cc1. The number of thiocarbonyl (C=S) groups is 1. The molecule has 0 aromatic heterocycles. The topological polar surface area (TPSA) is 16.5 Å². The van der Waals surface area contributed by atoms with E-state index in [4.69, 9.17) is 24.8 Å². The van der Waals surface area contributed by atoms with Crippen LogP contribution in [-0.4, -0.2) is 24.0 Å². The predicted octanol–water partition coefficient (Wildman–Crippen LogP) is 2.17. The number of quaternary nitrogens is 1. The Morgan fingerprint density at radius 1 is 1.11 bits per heavy atom. The van der Waals surface area contributed by atoms with Gasteiger partial charge in [-0.1, -0.05) is 22.0 Å². The third kappa shape index (κ3) is 8.39. The van der Waals surface area contributed by atoms with E-state index in [9.17, 15) is 0 Å². The van der Waals surface area contributed by atoms with Gasteiger partial charge in [0.2, 0.25) is 0 Å². The van der Waals surface area contributed by atoms with E-state index in [0.717, 1.165) is 5.69 Å². The molecule has 0 aliphatic rings. The molecule has 2 N–H and O–H groups in total. The number of benzene rings is 1. The Balaban J connectivity index is 0.000000360. The van der Waals surface area contributed by atoms with Gasteiger partial charge in [-0.05, 0) is 39.8 Å². The van der Waals surface area contributed by atoms with Gasteiger partial charge in [0, 0.05) is 5.69 Å².